The number of pyridine rings is 1. The molecule has 0 atom stereocenters. The van der Waals surface area contributed by atoms with E-state index < -0.39 is 5.97 Å². The number of carboxylic acids is 1. The minimum absolute atomic E-state index is 0.105. The van der Waals surface area contributed by atoms with E-state index in [1.54, 1.807) is 48.5 Å². The van der Waals surface area contributed by atoms with E-state index in [1.807, 2.05) is 0 Å². The van der Waals surface area contributed by atoms with Crippen molar-refractivity contribution in [2.45, 2.75) is 0 Å². The lowest BCUT2D eigenvalue weighted by Crippen LogP contribution is -2.20. The Kier molecular flexibility index (Phi) is 3.35. The number of carboxylic acid groups (broad SMARTS) is 1. The van der Waals surface area contributed by atoms with Gasteiger partial charge in [-0.3, -0.25) is 9.36 Å². The fourth-order valence-electron chi connectivity index (χ4n) is 2.26. The number of halogens is 1. The summed E-state index contributed by atoms with van der Waals surface area (Å²) < 4.78 is 2.25. The maximum atomic E-state index is 12.5. The molecule has 0 aliphatic carbocycles. The summed E-state index contributed by atoms with van der Waals surface area (Å²) in [6, 6.07) is 13.8. The molecule has 5 heteroatoms. The summed E-state index contributed by atoms with van der Waals surface area (Å²) in [5, 5.41) is 10.2. The molecule has 2 aromatic carbocycles. The van der Waals surface area contributed by atoms with Gasteiger partial charge in [-0.2, -0.15) is 0 Å². The van der Waals surface area contributed by atoms with Crippen molar-refractivity contribution in [2.24, 2.45) is 0 Å². The second kappa shape index (κ2) is 5.18. The normalized spacial score (nSPS) is 10.7. The van der Waals surface area contributed by atoms with Gasteiger partial charge < -0.3 is 5.11 Å². The van der Waals surface area contributed by atoms with Gasteiger partial charge in [0.25, 0.3) is 5.56 Å². The highest BCUT2D eigenvalue weighted by Crippen LogP contribution is 2.18. The molecule has 104 valence electrons. The molecule has 3 rings (SSSR count). The van der Waals surface area contributed by atoms with E-state index in [0.29, 0.717) is 16.5 Å². The van der Waals surface area contributed by atoms with Crippen molar-refractivity contribution in [2.75, 3.05) is 0 Å². The number of hydrogen-bond donors (Lipinski definition) is 1. The van der Waals surface area contributed by atoms with Crippen molar-refractivity contribution in [1.29, 1.82) is 0 Å². The van der Waals surface area contributed by atoms with Crippen molar-refractivity contribution in [1.82, 2.24) is 4.57 Å². The standard InChI is InChI=1S/C16H10BrNO3/c17-10-5-7-11(8-6-10)18-9-14(16(20)21)12-3-1-2-4-13(12)15(18)19/h1-9H,(H,20,21). The van der Waals surface area contributed by atoms with Crippen LogP contribution in [-0.2, 0) is 0 Å². The lowest BCUT2D eigenvalue weighted by Gasteiger charge is -2.10. The molecule has 0 radical (unpaired) electrons. The van der Waals surface area contributed by atoms with Gasteiger partial charge in [0.05, 0.1) is 5.56 Å². The number of nitrogens with zero attached hydrogens (tertiary/aromatic N) is 1. The van der Waals surface area contributed by atoms with Crippen molar-refractivity contribution < 1.29 is 9.90 Å². The molecule has 1 N–H and O–H groups in total. The zero-order valence-electron chi connectivity index (χ0n) is 10.8. The highest BCUT2D eigenvalue weighted by atomic mass is 79.9. The first-order chi connectivity index (χ1) is 10.1. The number of fused-ring (bicyclic) bond motifs is 1. The van der Waals surface area contributed by atoms with Gasteiger partial charge in [-0.25, -0.2) is 4.79 Å². The lowest BCUT2D eigenvalue weighted by molar-refractivity contribution is 0.0698. The van der Waals surface area contributed by atoms with Gasteiger partial charge >= 0.3 is 5.97 Å². The average molecular weight is 344 g/mol. The van der Waals surface area contributed by atoms with E-state index in [-0.39, 0.29) is 11.1 Å². The zero-order chi connectivity index (χ0) is 15.0. The summed E-state index contributed by atoms with van der Waals surface area (Å²) in [4.78, 5) is 24.0. The Morgan fingerprint density at radius 3 is 2.24 bits per heavy atom. The molecular formula is C16H10BrNO3. The molecule has 21 heavy (non-hydrogen) atoms. The van der Waals surface area contributed by atoms with Crippen LogP contribution in [0.25, 0.3) is 16.5 Å². The van der Waals surface area contributed by atoms with Crippen LogP contribution in [0.1, 0.15) is 10.4 Å². The monoisotopic (exact) mass is 343 g/mol. The maximum Gasteiger partial charge on any atom is 0.337 e. The van der Waals surface area contributed by atoms with E-state index in [0.717, 1.165) is 4.47 Å². The molecule has 0 spiro atoms. The summed E-state index contributed by atoms with van der Waals surface area (Å²) in [5.74, 6) is -1.06. The third-order valence-electron chi connectivity index (χ3n) is 3.26. The van der Waals surface area contributed by atoms with E-state index in [9.17, 15) is 14.7 Å². The fraction of sp³-hybridized carbons (Fsp3) is 0. The summed E-state index contributed by atoms with van der Waals surface area (Å²) in [7, 11) is 0. The van der Waals surface area contributed by atoms with Crippen LogP contribution in [0, 0.1) is 0 Å². The van der Waals surface area contributed by atoms with Gasteiger partial charge in [0, 0.05) is 27.1 Å². The largest absolute Gasteiger partial charge is 0.478 e. The molecule has 0 amide bonds. The maximum absolute atomic E-state index is 12.5. The number of hydrogen-bond acceptors (Lipinski definition) is 2. The van der Waals surface area contributed by atoms with Crippen LogP contribution >= 0.6 is 15.9 Å². The lowest BCUT2D eigenvalue weighted by atomic mass is 10.1. The van der Waals surface area contributed by atoms with Crippen molar-refractivity contribution in [3.63, 3.8) is 0 Å². The average Bonchev–Trinajstić information content (AvgIpc) is 2.49. The molecule has 0 aliphatic heterocycles. The van der Waals surface area contributed by atoms with Crippen molar-refractivity contribution >= 4 is 32.7 Å². The van der Waals surface area contributed by atoms with Gasteiger partial charge in [0.15, 0.2) is 0 Å². The SMILES string of the molecule is O=C(O)c1cn(-c2ccc(Br)cc2)c(=O)c2ccccc12. The van der Waals surface area contributed by atoms with Crippen LogP contribution in [0.4, 0.5) is 0 Å². The molecule has 0 saturated heterocycles. The summed E-state index contributed by atoms with van der Waals surface area (Å²) in [6.07, 6.45) is 1.37. The Hall–Kier alpha value is -2.40. The zero-order valence-corrected chi connectivity index (χ0v) is 12.4. The minimum atomic E-state index is -1.06. The van der Waals surface area contributed by atoms with Gasteiger partial charge in [0.2, 0.25) is 0 Å². The Morgan fingerprint density at radius 2 is 1.62 bits per heavy atom. The fourth-order valence-corrected chi connectivity index (χ4v) is 2.52. The second-order valence-corrected chi connectivity index (χ2v) is 5.46. The first kappa shape index (κ1) is 13.6. The second-order valence-electron chi connectivity index (χ2n) is 4.55. The van der Waals surface area contributed by atoms with Gasteiger partial charge in [0.1, 0.15) is 0 Å². The predicted octanol–water partition coefficient (Wildman–Crippen LogP) is 3.45. The third-order valence-corrected chi connectivity index (χ3v) is 3.79. The van der Waals surface area contributed by atoms with Crippen LogP contribution in [-0.4, -0.2) is 15.6 Å². The topological polar surface area (TPSA) is 59.3 Å². The molecule has 0 unspecified atom stereocenters. The van der Waals surface area contributed by atoms with Crippen LogP contribution in [0.2, 0.25) is 0 Å². The van der Waals surface area contributed by atoms with Crippen molar-refractivity contribution in [3.05, 3.63) is 75.1 Å². The third kappa shape index (κ3) is 2.36. The molecular weight excluding hydrogens is 334 g/mol. The van der Waals surface area contributed by atoms with E-state index >= 15 is 0 Å². The number of carbonyl (C=O) groups is 1. The molecule has 3 aromatic rings. The van der Waals surface area contributed by atoms with E-state index in [2.05, 4.69) is 15.9 Å². The van der Waals surface area contributed by atoms with Crippen LogP contribution in [0.5, 0.6) is 0 Å². The summed E-state index contributed by atoms with van der Waals surface area (Å²) >= 11 is 3.33. The molecule has 1 heterocycles. The smallest absolute Gasteiger partial charge is 0.337 e. The quantitative estimate of drug-likeness (QED) is 0.775. The van der Waals surface area contributed by atoms with Gasteiger partial charge in [-0.1, -0.05) is 34.1 Å². The summed E-state index contributed by atoms with van der Waals surface area (Å²) in [6.45, 7) is 0. The minimum Gasteiger partial charge on any atom is -0.478 e. The highest BCUT2D eigenvalue weighted by molar-refractivity contribution is 9.10. The highest BCUT2D eigenvalue weighted by Gasteiger charge is 2.14. The Bertz CT molecular complexity index is 898. The van der Waals surface area contributed by atoms with Crippen LogP contribution in [0.3, 0.4) is 0 Å². The Morgan fingerprint density at radius 1 is 1.00 bits per heavy atom. The molecule has 4 nitrogen and oxygen atoms in total. The molecule has 0 bridgehead atoms. The number of rotatable bonds is 2. The molecule has 0 fully saturated rings. The predicted molar refractivity (Wildman–Crippen MR) is 84.2 cm³/mol. The Balaban J connectivity index is 2.39. The van der Waals surface area contributed by atoms with Gasteiger partial charge in [-0.15, -0.1) is 0 Å². The molecule has 0 saturated carbocycles. The number of benzene rings is 2. The van der Waals surface area contributed by atoms with Crippen molar-refractivity contribution in [3.8, 4) is 5.69 Å². The van der Waals surface area contributed by atoms with Crippen LogP contribution < -0.4 is 5.56 Å². The first-order valence-electron chi connectivity index (χ1n) is 6.21. The molecule has 0 aliphatic rings. The number of aromatic carboxylic acids is 1. The van der Waals surface area contributed by atoms with E-state index in [1.165, 1.54) is 10.8 Å². The van der Waals surface area contributed by atoms with E-state index in [4.69, 9.17) is 0 Å². The Labute approximate surface area is 128 Å². The van der Waals surface area contributed by atoms with Gasteiger partial charge in [-0.05, 0) is 30.3 Å². The summed E-state index contributed by atoms with van der Waals surface area (Å²) in [5.41, 5.74) is 0.488. The van der Waals surface area contributed by atoms with Crippen LogP contribution in [0.15, 0.2) is 64.0 Å². The number of aromatic nitrogens is 1. The molecule has 1 aromatic heterocycles. The first-order valence-corrected chi connectivity index (χ1v) is 7.01.